The Bertz CT molecular complexity index is 1120. The van der Waals surface area contributed by atoms with Crippen molar-refractivity contribution in [2.24, 2.45) is 0 Å². The van der Waals surface area contributed by atoms with Gasteiger partial charge in [-0.3, -0.25) is 0 Å². The standard InChI is InChI=1S/C22H21N3O2/c1-14-12-27-20(15(14)2)22-23-21(24-25(22)19-9-10-26-13-19)18-8-7-16-5-3-4-6-17(16)11-18/h3-8,11-12,19H,9-10,13H2,1-2H3. The molecule has 0 aliphatic carbocycles. The minimum absolute atomic E-state index is 0.187. The van der Waals surface area contributed by atoms with Gasteiger partial charge in [-0.1, -0.05) is 36.4 Å². The van der Waals surface area contributed by atoms with Crippen LogP contribution in [0.4, 0.5) is 0 Å². The molecule has 5 heteroatoms. The van der Waals surface area contributed by atoms with Crippen LogP contribution in [-0.2, 0) is 4.74 Å². The van der Waals surface area contributed by atoms with E-state index in [-0.39, 0.29) is 6.04 Å². The number of nitrogens with zero attached hydrogens (tertiary/aromatic N) is 3. The summed E-state index contributed by atoms with van der Waals surface area (Å²) in [6.45, 7) is 5.53. The zero-order valence-electron chi connectivity index (χ0n) is 15.5. The second-order valence-corrected chi connectivity index (χ2v) is 7.16. The lowest BCUT2D eigenvalue weighted by Crippen LogP contribution is -2.12. The molecule has 2 aromatic heterocycles. The molecule has 1 aliphatic rings. The molecule has 2 aromatic carbocycles. The molecule has 0 saturated carbocycles. The fourth-order valence-electron chi connectivity index (χ4n) is 3.62. The quantitative estimate of drug-likeness (QED) is 0.520. The predicted octanol–water partition coefficient (Wildman–Crippen LogP) is 4.94. The molecule has 136 valence electrons. The molecule has 4 aromatic rings. The van der Waals surface area contributed by atoms with E-state index < -0.39 is 0 Å². The van der Waals surface area contributed by atoms with E-state index in [0.717, 1.165) is 47.1 Å². The van der Waals surface area contributed by atoms with E-state index in [1.807, 2.05) is 11.6 Å². The zero-order chi connectivity index (χ0) is 18.4. The number of benzene rings is 2. The van der Waals surface area contributed by atoms with Crippen molar-refractivity contribution in [2.75, 3.05) is 13.2 Å². The van der Waals surface area contributed by atoms with E-state index in [0.29, 0.717) is 6.61 Å². The third-order valence-electron chi connectivity index (χ3n) is 5.38. The first kappa shape index (κ1) is 16.3. The van der Waals surface area contributed by atoms with Crippen LogP contribution in [0.25, 0.3) is 33.7 Å². The van der Waals surface area contributed by atoms with Crippen LogP contribution in [0.3, 0.4) is 0 Å². The molecule has 0 spiro atoms. The SMILES string of the molecule is Cc1coc(-c2nc(-c3ccc4ccccc4c3)nn2C2CCOC2)c1C. The van der Waals surface area contributed by atoms with Crippen LogP contribution >= 0.6 is 0 Å². The topological polar surface area (TPSA) is 53.1 Å². The highest BCUT2D eigenvalue weighted by atomic mass is 16.5. The Morgan fingerprint density at radius 3 is 2.67 bits per heavy atom. The van der Waals surface area contributed by atoms with Crippen molar-refractivity contribution in [3.8, 4) is 23.0 Å². The molecule has 0 bridgehead atoms. The Morgan fingerprint density at radius 2 is 1.93 bits per heavy atom. The van der Waals surface area contributed by atoms with E-state index >= 15 is 0 Å². The molecule has 0 amide bonds. The van der Waals surface area contributed by atoms with Gasteiger partial charge in [0.1, 0.15) is 0 Å². The first-order chi connectivity index (χ1) is 13.2. The number of rotatable bonds is 3. The van der Waals surface area contributed by atoms with Crippen molar-refractivity contribution < 1.29 is 9.15 Å². The van der Waals surface area contributed by atoms with Crippen LogP contribution in [0.2, 0.25) is 0 Å². The van der Waals surface area contributed by atoms with Gasteiger partial charge in [-0.05, 0) is 42.7 Å². The van der Waals surface area contributed by atoms with Crippen LogP contribution < -0.4 is 0 Å². The normalized spacial score (nSPS) is 17.0. The van der Waals surface area contributed by atoms with E-state index in [1.165, 1.54) is 10.8 Å². The Hall–Kier alpha value is -2.92. The summed E-state index contributed by atoms with van der Waals surface area (Å²) in [6.07, 6.45) is 2.72. The van der Waals surface area contributed by atoms with Crippen LogP contribution in [0, 0.1) is 13.8 Å². The smallest absolute Gasteiger partial charge is 0.195 e. The number of furan rings is 1. The lowest BCUT2D eigenvalue weighted by atomic mass is 10.1. The summed E-state index contributed by atoms with van der Waals surface area (Å²) in [5.74, 6) is 2.29. The molecule has 1 aliphatic heterocycles. The van der Waals surface area contributed by atoms with E-state index in [2.05, 4.69) is 49.4 Å². The molecule has 1 saturated heterocycles. The molecule has 5 nitrogen and oxygen atoms in total. The Balaban J connectivity index is 1.66. The fraction of sp³-hybridized carbons (Fsp3) is 0.273. The van der Waals surface area contributed by atoms with Crippen molar-refractivity contribution in [1.82, 2.24) is 14.8 Å². The maximum absolute atomic E-state index is 5.84. The summed E-state index contributed by atoms with van der Waals surface area (Å²) in [6, 6.07) is 14.9. The van der Waals surface area contributed by atoms with E-state index in [4.69, 9.17) is 19.2 Å². The van der Waals surface area contributed by atoms with Gasteiger partial charge in [0.15, 0.2) is 17.4 Å². The number of fused-ring (bicyclic) bond motifs is 1. The number of ether oxygens (including phenoxy) is 1. The molecule has 5 rings (SSSR count). The molecular formula is C22H21N3O2. The summed E-state index contributed by atoms with van der Waals surface area (Å²) in [7, 11) is 0. The third kappa shape index (κ3) is 2.75. The summed E-state index contributed by atoms with van der Waals surface area (Å²) < 4.78 is 13.4. The Morgan fingerprint density at radius 1 is 1.07 bits per heavy atom. The molecule has 27 heavy (non-hydrogen) atoms. The van der Waals surface area contributed by atoms with Crippen molar-refractivity contribution >= 4 is 10.8 Å². The maximum atomic E-state index is 5.84. The highest BCUT2D eigenvalue weighted by Crippen LogP contribution is 2.32. The van der Waals surface area contributed by atoms with Gasteiger partial charge in [0.05, 0.1) is 18.9 Å². The Kier molecular flexibility index (Phi) is 3.83. The monoisotopic (exact) mass is 359 g/mol. The van der Waals surface area contributed by atoms with E-state index in [9.17, 15) is 0 Å². The predicted molar refractivity (Wildman–Crippen MR) is 105 cm³/mol. The van der Waals surface area contributed by atoms with Crippen LogP contribution in [0.1, 0.15) is 23.6 Å². The summed E-state index contributed by atoms with van der Waals surface area (Å²) >= 11 is 0. The van der Waals surface area contributed by atoms with Gasteiger partial charge < -0.3 is 9.15 Å². The van der Waals surface area contributed by atoms with Crippen molar-refractivity contribution in [2.45, 2.75) is 26.3 Å². The van der Waals surface area contributed by atoms with Crippen molar-refractivity contribution in [3.05, 3.63) is 59.9 Å². The molecule has 1 atom stereocenters. The molecule has 0 radical (unpaired) electrons. The van der Waals surface area contributed by atoms with Gasteiger partial charge in [0.25, 0.3) is 0 Å². The van der Waals surface area contributed by atoms with Crippen molar-refractivity contribution in [3.63, 3.8) is 0 Å². The highest BCUT2D eigenvalue weighted by Gasteiger charge is 2.26. The number of aromatic nitrogens is 3. The van der Waals surface area contributed by atoms with Gasteiger partial charge >= 0.3 is 0 Å². The highest BCUT2D eigenvalue weighted by molar-refractivity contribution is 5.86. The molecule has 1 fully saturated rings. The summed E-state index contributed by atoms with van der Waals surface area (Å²) in [4.78, 5) is 4.88. The minimum atomic E-state index is 0.187. The van der Waals surface area contributed by atoms with Gasteiger partial charge in [0, 0.05) is 17.7 Å². The van der Waals surface area contributed by atoms with Crippen LogP contribution in [-0.4, -0.2) is 28.0 Å². The lowest BCUT2D eigenvalue weighted by Gasteiger charge is -2.10. The summed E-state index contributed by atoms with van der Waals surface area (Å²) in [5.41, 5.74) is 3.23. The fourth-order valence-corrected chi connectivity index (χ4v) is 3.62. The minimum Gasteiger partial charge on any atom is -0.460 e. The third-order valence-corrected chi connectivity index (χ3v) is 5.38. The number of aryl methyl sites for hydroxylation is 1. The average Bonchev–Trinajstić information content (AvgIpc) is 3.42. The van der Waals surface area contributed by atoms with Crippen molar-refractivity contribution in [1.29, 1.82) is 0 Å². The van der Waals surface area contributed by atoms with Crippen LogP contribution in [0.15, 0.2) is 53.1 Å². The second-order valence-electron chi connectivity index (χ2n) is 7.16. The number of hydrogen-bond donors (Lipinski definition) is 0. The molecular weight excluding hydrogens is 338 g/mol. The van der Waals surface area contributed by atoms with E-state index in [1.54, 1.807) is 6.26 Å². The second kappa shape index (κ2) is 6.35. The number of hydrogen-bond acceptors (Lipinski definition) is 4. The summed E-state index contributed by atoms with van der Waals surface area (Å²) in [5, 5.41) is 7.25. The zero-order valence-corrected chi connectivity index (χ0v) is 15.5. The first-order valence-corrected chi connectivity index (χ1v) is 9.29. The lowest BCUT2D eigenvalue weighted by molar-refractivity contribution is 0.184. The van der Waals surface area contributed by atoms with Crippen LogP contribution in [0.5, 0.6) is 0 Å². The molecule has 3 heterocycles. The van der Waals surface area contributed by atoms with Gasteiger partial charge in [-0.25, -0.2) is 9.67 Å². The Labute approximate surface area is 157 Å². The first-order valence-electron chi connectivity index (χ1n) is 9.29. The average molecular weight is 359 g/mol. The van der Waals surface area contributed by atoms with Gasteiger partial charge in [-0.15, -0.1) is 5.10 Å². The molecule has 0 N–H and O–H groups in total. The maximum Gasteiger partial charge on any atom is 0.195 e. The van der Waals surface area contributed by atoms with Gasteiger partial charge in [-0.2, -0.15) is 0 Å². The molecule has 1 unspecified atom stereocenters. The largest absolute Gasteiger partial charge is 0.460 e. The van der Waals surface area contributed by atoms with Gasteiger partial charge in [0.2, 0.25) is 0 Å².